The SMILES string of the molecule is CCCCc1cn(C2CCCCC2C(C)(C)C)c(=O)n1CC1(c2cccc(-c3nnn[nH]3)c2)C=CNC=C1. The molecule has 0 amide bonds. The van der Waals surface area contributed by atoms with Gasteiger partial charge in [0.15, 0.2) is 5.82 Å². The number of nitrogens with zero attached hydrogens (tertiary/aromatic N) is 5. The molecular weight excluding hydrogens is 474 g/mol. The molecule has 1 fully saturated rings. The first kappa shape index (κ1) is 26.2. The normalized spacial score (nSPS) is 20.9. The van der Waals surface area contributed by atoms with E-state index in [1.165, 1.54) is 19.3 Å². The molecule has 2 aromatic heterocycles. The standard InChI is InChI=1S/C30H41N7O/c1-5-6-12-24-20-36(26-14-8-7-13-25(26)29(2,3)4)28(38)37(24)21-30(15-17-31-18-16-30)23-11-9-10-22(19-23)27-32-34-35-33-27/h9-11,15-20,25-26,31H,5-8,12-14,21H2,1-4H3,(H,32,33,34,35). The number of H-pyrrole nitrogens is 1. The molecule has 0 bridgehead atoms. The fourth-order valence-electron chi connectivity index (χ4n) is 6.36. The van der Waals surface area contributed by atoms with E-state index in [-0.39, 0.29) is 17.1 Å². The highest BCUT2D eigenvalue weighted by Crippen LogP contribution is 2.44. The average molecular weight is 516 g/mol. The van der Waals surface area contributed by atoms with E-state index >= 15 is 0 Å². The summed E-state index contributed by atoms with van der Waals surface area (Å²) in [5, 5.41) is 17.6. The quantitative estimate of drug-likeness (QED) is 0.412. The van der Waals surface area contributed by atoms with Gasteiger partial charge in [-0.05, 0) is 71.5 Å². The largest absolute Gasteiger partial charge is 0.368 e. The Kier molecular flexibility index (Phi) is 7.41. The molecule has 0 saturated heterocycles. The van der Waals surface area contributed by atoms with Gasteiger partial charge in [-0.2, -0.15) is 0 Å². The number of dihydropyridines is 1. The first-order valence-corrected chi connectivity index (χ1v) is 14.1. The molecule has 38 heavy (non-hydrogen) atoms. The Hall–Kier alpha value is -3.42. The van der Waals surface area contributed by atoms with Crippen LogP contribution in [0.25, 0.3) is 11.4 Å². The van der Waals surface area contributed by atoms with Gasteiger partial charge >= 0.3 is 5.69 Å². The number of allylic oxidation sites excluding steroid dienone is 2. The lowest BCUT2D eigenvalue weighted by Crippen LogP contribution is -2.40. The molecule has 8 nitrogen and oxygen atoms in total. The number of unbranched alkanes of at least 4 members (excludes halogenated alkanes) is 1. The van der Waals surface area contributed by atoms with Gasteiger partial charge < -0.3 is 5.32 Å². The Bertz CT molecular complexity index is 1330. The number of aromatic nitrogens is 6. The summed E-state index contributed by atoms with van der Waals surface area (Å²) in [5.41, 5.74) is 2.93. The fourth-order valence-corrected chi connectivity index (χ4v) is 6.36. The van der Waals surface area contributed by atoms with Crippen molar-refractivity contribution in [1.82, 2.24) is 35.1 Å². The molecule has 2 unspecified atom stereocenters. The molecule has 0 spiro atoms. The van der Waals surface area contributed by atoms with Crippen LogP contribution in [0, 0.1) is 11.3 Å². The Morgan fingerprint density at radius 2 is 1.92 bits per heavy atom. The third kappa shape index (κ3) is 5.13. The van der Waals surface area contributed by atoms with Crippen LogP contribution < -0.4 is 11.0 Å². The maximum atomic E-state index is 14.3. The number of aryl methyl sites for hydroxylation is 1. The highest BCUT2D eigenvalue weighted by atomic mass is 16.1. The second-order valence-electron chi connectivity index (χ2n) is 12.0. The molecular formula is C30H41N7O. The van der Waals surface area contributed by atoms with Crippen LogP contribution in [-0.2, 0) is 18.4 Å². The molecule has 3 heterocycles. The molecule has 1 aromatic carbocycles. The fraction of sp³-hybridized carbons (Fsp3) is 0.533. The van der Waals surface area contributed by atoms with Crippen LogP contribution in [-0.4, -0.2) is 29.8 Å². The first-order valence-electron chi connectivity index (χ1n) is 14.1. The second kappa shape index (κ2) is 10.8. The molecule has 2 aliphatic rings. The number of tetrazole rings is 1. The Labute approximate surface area is 225 Å². The van der Waals surface area contributed by atoms with Crippen LogP contribution in [0.15, 0.2) is 59.8 Å². The molecule has 0 radical (unpaired) electrons. The number of imidazole rings is 1. The number of nitrogens with one attached hydrogen (secondary N) is 2. The van der Waals surface area contributed by atoms with Crippen LogP contribution in [0.1, 0.15) is 83.5 Å². The highest BCUT2D eigenvalue weighted by Gasteiger charge is 2.37. The van der Waals surface area contributed by atoms with Gasteiger partial charge in [0.1, 0.15) is 0 Å². The number of hydrogen-bond donors (Lipinski definition) is 2. The van der Waals surface area contributed by atoms with Crippen LogP contribution in [0.3, 0.4) is 0 Å². The van der Waals surface area contributed by atoms with Crippen LogP contribution in [0.2, 0.25) is 0 Å². The topological polar surface area (TPSA) is 93.4 Å². The molecule has 202 valence electrons. The van der Waals surface area contributed by atoms with Crippen LogP contribution in [0.4, 0.5) is 0 Å². The van der Waals surface area contributed by atoms with Crippen molar-refractivity contribution in [1.29, 1.82) is 0 Å². The minimum atomic E-state index is -0.484. The van der Waals surface area contributed by atoms with E-state index in [0.29, 0.717) is 18.3 Å². The summed E-state index contributed by atoms with van der Waals surface area (Å²) >= 11 is 0. The van der Waals surface area contributed by atoms with E-state index in [4.69, 9.17) is 0 Å². The molecule has 3 aromatic rings. The van der Waals surface area contributed by atoms with Crippen molar-refractivity contribution >= 4 is 0 Å². The average Bonchev–Trinajstić information content (AvgIpc) is 3.57. The lowest BCUT2D eigenvalue weighted by Gasteiger charge is -2.40. The number of rotatable bonds is 8. The van der Waals surface area contributed by atoms with E-state index in [9.17, 15) is 4.79 Å². The minimum absolute atomic E-state index is 0.118. The van der Waals surface area contributed by atoms with Gasteiger partial charge in [0.25, 0.3) is 0 Å². The van der Waals surface area contributed by atoms with Crippen molar-refractivity contribution in [3.8, 4) is 11.4 Å². The predicted octanol–water partition coefficient (Wildman–Crippen LogP) is 5.52. The van der Waals surface area contributed by atoms with Gasteiger partial charge in [0, 0.05) is 30.0 Å². The van der Waals surface area contributed by atoms with E-state index < -0.39 is 5.41 Å². The Morgan fingerprint density at radius 1 is 1.13 bits per heavy atom. The van der Waals surface area contributed by atoms with Gasteiger partial charge in [0.05, 0.1) is 5.41 Å². The zero-order chi connectivity index (χ0) is 26.8. The van der Waals surface area contributed by atoms with Gasteiger partial charge in [0.2, 0.25) is 0 Å². The molecule has 5 rings (SSSR count). The van der Waals surface area contributed by atoms with Gasteiger partial charge in [-0.25, -0.2) is 9.89 Å². The Morgan fingerprint density at radius 3 is 2.63 bits per heavy atom. The van der Waals surface area contributed by atoms with E-state index in [0.717, 1.165) is 42.5 Å². The third-order valence-electron chi connectivity index (χ3n) is 8.46. The minimum Gasteiger partial charge on any atom is -0.368 e. The maximum Gasteiger partial charge on any atom is 0.328 e. The van der Waals surface area contributed by atoms with Gasteiger partial charge in [-0.1, -0.05) is 77.3 Å². The van der Waals surface area contributed by atoms with E-state index in [1.807, 2.05) is 29.1 Å². The molecule has 8 heteroatoms. The summed E-state index contributed by atoms with van der Waals surface area (Å²) in [6, 6.07) is 8.51. The van der Waals surface area contributed by atoms with Crippen molar-refractivity contribution in [3.63, 3.8) is 0 Å². The smallest absolute Gasteiger partial charge is 0.328 e. The summed E-state index contributed by atoms with van der Waals surface area (Å²) in [7, 11) is 0. The molecule has 1 aliphatic carbocycles. The maximum absolute atomic E-state index is 14.3. The number of benzene rings is 1. The van der Waals surface area contributed by atoms with Crippen molar-refractivity contribution in [2.75, 3.05) is 0 Å². The molecule has 1 saturated carbocycles. The molecule has 2 atom stereocenters. The Balaban J connectivity index is 1.58. The zero-order valence-corrected chi connectivity index (χ0v) is 23.2. The van der Waals surface area contributed by atoms with Crippen molar-refractivity contribution in [2.45, 2.75) is 90.6 Å². The zero-order valence-electron chi connectivity index (χ0n) is 23.2. The van der Waals surface area contributed by atoms with Gasteiger partial charge in [-0.15, -0.1) is 5.10 Å². The summed E-state index contributed by atoms with van der Waals surface area (Å²) in [6.07, 6.45) is 18.2. The van der Waals surface area contributed by atoms with Crippen molar-refractivity contribution < 1.29 is 0 Å². The summed E-state index contributed by atoms with van der Waals surface area (Å²) in [6.45, 7) is 9.73. The van der Waals surface area contributed by atoms with E-state index in [1.54, 1.807) is 0 Å². The molecule has 2 N–H and O–H groups in total. The van der Waals surface area contributed by atoms with Crippen LogP contribution >= 0.6 is 0 Å². The number of aromatic amines is 1. The van der Waals surface area contributed by atoms with Crippen LogP contribution in [0.5, 0.6) is 0 Å². The molecule has 1 aliphatic heterocycles. The summed E-state index contributed by atoms with van der Waals surface area (Å²) in [5.74, 6) is 1.12. The van der Waals surface area contributed by atoms with Crippen molar-refractivity contribution in [2.24, 2.45) is 11.3 Å². The predicted molar refractivity (Wildman–Crippen MR) is 150 cm³/mol. The second-order valence-corrected chi connectivity index (χ2v) is 12.0. The first-order chi connectivity index (χ1) is 18.3. The monoisotopic (exact) mass is 515 g/mol. The lowest BCUT2D eigenvalue weighted by atomic mass is 9.69. The van der Waals surface area contributed by atoms with Crippen molar-refractivity contribution in [3.05, 3.63) is 76.8 Å². The summed E-state index contributed by atoms with van der Waals surface area (Å²) in [4.78, 5) is 14.3. The highest BCUT2D eigenvalue weighted by molar-refractivity contribution is 5.57. The van der Waals surface area contributed by atoms with Gasteiger partial charge in [-0.3, -0.25) is 9.13 Å². The third-order valence-corrected chi connectivity index (χ3v) is 8.46. The van der Waals surface area contributed by atoms with E-state index in [2.05, 4.69) is 88.7 Å². The summed E-state index contributed by atoms with van der Waals surface area (Å²) < 4.78 is 4.14. The number of hydrogen-bond acceptors (Lipinski definition) is 5. The lowest BCUT2D eigenvalue weighted by molar-refractivity contribution is 0.110.